The third-order valence-electron chi connectivity index (χ3n) is 2.47. The maximum absolute atomic E-state index is 11.8. The quantitative estimate of drug-likeness (QED) is 0.295. The van der Waals surface area contributed by atoms with Gasteiger partial charge < -0.3 is 21.9 Å². The van der Waals surface area contributed by atoms with E-state index in [-0.39, 0.29) is 12.4 Å². The molecule has 0 aliphatic heterocycles. The first-order valence-electron chi connectivity index (χ1n) is 6.00. The van der Waals surface area contributed by atoms with Crippen molar-refractivity contribution in [2.24, 2.45) is 16.5 Å². The molecule has 6 N–H and O–H groups in total. The Morgan fingerprint density at radius 3 is 2.75 bits per heavy atom. The average molecular weight is 279 g/mol. The number of pyridine rings is 1. The van der Waals surface area contributed by atoms with Crippen molar-refractivity contribution >= 4 is 17.8 Å². The summed E-state index contributed by atoms with van der Waals surface area (Å²) in [5.41, 5.74) is 10.6. The van der Waals surface area contributed by atoms with E-state index in [1.54, 1.807) is 12.1 Å². The molecule has 0 aliphatic rings. The summed E-state index contributed by atoms with van der Waals surface area (Å²) in [6, 6.07) is 2.17. The average Bonchev–Trinajstić information content (AvgIpc) is 2.42. The van der Waals surface area contributed by atoms with E-state index in [2.05, 4.69) is 15.3 Å². The summed E-state index contributed by atoms with van der Waals surface area (Å²) in [6.45, 7) is 0.314. The normalized spacial score (nSPS) is 11.4. The van der Waals surface area contributed by atoms with Crippen LogP contribution in [0.1, 0.15) is 23.2 Å². The standard InChI is InChI=1S/C12H17N5O3/c13-12(14)16-6-2-4-9(11(19)20)17-10(18)8-3-1-5-15-7-8/h1,3,5,7,9H,2,4,6H2,(H,17,18)(H,19,20)(H4,13,14,16)/t9-/m0/s1. The molecule has 108 valence electrons. The van der Waals surface area contributed by atoms with Crippen molar-refractivity contribution in [3.05, 3.63) is 30.1 Å². The predicted molar refractivity (Wildman–Crippen MR) is 73.0 cm³/mol. The Morgan fingerprint density at radius 2 is 2.20 bits per heavy atom. The van der Waals surface area contributed by atoms with Gasteiger partial charge in [-0.2, -0.15) is 0 Å². The van der Waals surface area contributed by atoms with Crippen LogP contribution in [0.3, 0.4) is 0 Å². The van der Waals surface area contributed by atoms with Crippen LogP contribution in [0, 0.1) is 0 Å². The molecular weight excluding hydrogens is 262 g/mol. The topological polar surface area (TPSA) is 144 Å². The molecule has 0 aromatic carbocycles. The molecule has 0 spiro atoms. The van der Waals surface area contributed by atoms with Crippen molar-refractivity contribution in [1.29, 1.82) is 0 Å². The van der Waals surface area contributed by atoms with Gasteiger partial charge in [0.05, 0.1) is 5.56 Å². The zero-order valence-electron chi connectivity index (χ0n) is 10.8. The molecular formula is C12H17N5O3. The Bertz CT molecular complexity index is 485. The van der Waals surface area contributed by atoms with Gasteiger partial charge in [-0.05, 0) is 25.0 Å². The van der Waals surface area contributed by atoms with Gasteiger partial charge in [0.15, 0.2) is 5.96 Å². The molecule has 0 saturated carbocycles. The first-order chi connectivity index (χ1) is 9.50. The summed E-state index contributed by atoms with van der Waals surface area (Å²) >= 11 is 0. The molecule has 8 nitrogen and oxygen atoms in total. The summed E-state index contributed by atoms with van der Waals surface area (Å²) in [4.78, 5) is 30.4. The Kier molecular flexibility index (Phi) is 5.95. The van der Waals surface area contributed by atoms with E-state index in [0.717, 1.165) is 0 Å². The van der Waals surface area contributed by atoms with E-state index in [1.165, 1.54) is 12.4 Å². The van der Waals surface area contributed by atoms with Gasteiger partial charge in [-0.15, -0.1) is 0 Å². The number of carbonyl (C=O) groups is 2. The maximum atomic E-state index is 11.8. The molecule has 0 saturated heterocycles. The Morgan fingerprint density at radius 1 is 1.45 bits per heavy atom. The van der Waals surface area contributed by atoms with Crippen LogP contribution in [-0.4, -0.2) is 40.5 Å². The van der Waals surface area contributed by atoms with Crippen molar-refractivity contribution in [1.82, 2.24) is 10.3 Å². The van der Waals surface area contributed by atoms with Crippen LogP contribution in [0.2, 0.25) is 0 Å². The number of hydrogen-bond donors (Lipinski definition) is 4. The fraction of sp³-hybridized carbons (Fsp3) is 0.333. The Hall–Kier alpha value is -2.64. The fourth-order valence-corrected chi connectivity index (χ4v) is 1.50. The predicted octanol–water partition coefficient (Wildman–Crippen LogP) is -0.682. The number of aromatic nitrogens is 1. The number of carboxylic acids is 1. The summed E-state index contributed by atoms with van der Waals surface area (Å²) in [5, 5.41) is 11.5. The Labute approximate surface area is 115 Å². The number of carbonyl (C=O) groups excluding carboxylic acids is 1. The van der Waals surface area contributed by atoms with Crippen molar-refractivity contribution < 1.29 is 14.7 Å². The molecule has 0 fully saturated rings. The zero-order chi connectivity index (χ0) is 15.0. The number of aliphatic carboxylic acids is 1. The molecule has 8 heteroatoms. The highest BCUT2D eigenvalue weighted by atomic mass is 16.4. The number of guanidine groups is 1. The highest BCUT2D eigenvalue weighted by Gasteiger charge is 2.20. The number of nitrogens with one attached hydrogen (secondary N) is 1. The fourth-order valence-electron chi connectivity index (χ4n) is 1.50. The molecule has 0 bridgehead atoms. The van der Waals surface area contributed by atoms with Crippen molar-refractivity contribution in [3.8, 4) is 0 Å². The van der Waals surface area contributed by atoms with Gasteiger partial charge in [0, 0.05) is 18.9 Å². The lowest BCUT2D eigenvalue weighted by Gasteiger charge is -2.13. The third-order valence-corrected chi connectivity index (χ3v) is 2.47. The molecule has 1 atom stereocenters. The highest BCUT2D eigenvalue weighted by molar-refractivity contribution is 5.96. The van der Waals surface area contributed by atoms with Crippen LogP contribution in [0.15, 0.2) is 29.5 Å². The number of nitrogens with two attached hydrogens (primary N) is 2. The lowest BCUT2D eigenvalue weighted by molar-refractivity contribution is -0.139. The second-order valence-corrected chi connectivity index (χ2v) is 4.05. The van der Waals surface area contributed by atoms with Crippen LogP contribution >= 0.6 is 0 Å². The summed E-state index contributed by atoms with van der Waals surface area (Å²) in [7, 11) is 0. The second-order valence-electron chi connectivity index (χ2n) is 4.05. The lowest BCUT2D eigenvalue weighted by atomic mass is 10.1. The van der Waals surface area contributed by atoms with E-state index < -0.39 is 17.9 Å². The second kappa shape index (κ2) is 7.72. The van der Waals surface area contributed by atoms with Gasteiger partial charge in [0.2, 0.25) is 0 Å². The van der Waals surface area contributed by atoms with E-state index in [0.29, 0.717) is 18.5 Å². The van der Waals surface area contributed by atoms with Gasteiger partial charge in [0.1, 0.15) is 6.04 Å². The molecule has 1 aromatic rings. The van der Waals surface area contributed by atoms with Crippen LogP contribution in [-0.2, 0) is 4.79 Å². The summed E-state index contributed by atoms with van der Waals surface area (Å²) < 4.78 is 0. The molecule has 1 amide bonds. The molecule has 0 aliphatic carbocycles. The maximum Gasteiger partial charge on any atom is 0.326 e. The highest BCUT2D eigenvalue weighted by Crippen LogP contribution is 2.02. The van der Waals surface area contributed by atoms with Gasteiger partial charge in [-0.3, -0.25) is 14.8 Å². The molecule has 0 unspecified atom stereocenters. The van der Waals surface area contributed by atoms with E-state index in [9.17, 15) is 9.59 Å². The number of carboxylic acid groups (broad SMARTS) is 1. The van der Waals surface area contributed by atoms with E-state index in [1.807, 2.05) is 0 Å². The van der Waals surface area contributed by atoms with Gasteiger partial charge >= 0.3 is 5.97 Å². The number of nitrogens with zero attached hydrogens (tertiary/aromatic N) is 2. The largest absolute Gasteiger partial charge is 0.480 e. The number of amides is 1. The molecule has 1 rings (SSSR count). The summed E-state index contributed by atoms with van der Waals surface area (Å²) in [5.74, 6) is -1.63. The molecule has 1 aromatic heterocycles. The molecule has 1 heterocycles. The van der Waals surface area contributed by atoms with Gasteiger partial charge in [0.25, 0.3) is 5.91 Å². The van der Waals surface area contributed by atoms with Crippen LogP contribution < -0.4 is 16.8 Å². The van der Waals surface area contributed by atoms with Crippen LogP contribution in [0.5, 0.6) is 0 Å². The van der Waals surface area contributed by atoms with Crippen molar-refractivity contribution in [2.75, 3.05) is 6.54 Å². The van der Waals surface area contributed by atoms with Crippen LogP contribution in [0.25, 0.3) is 0 Å². The lowest BCUT2D eigenvalue weighted by Crippen LogP contribution is -2.40. The molecule has 20 heavy (non-hydrogen) atoms. The number of aliphatic imine (C=N–C) groups is 1. The van der Waals surface area contributed by atoms with Gasteiger partial charge in [-0.25, -0.2) is 4.79 Å². The van der Waals surface area contributed by atoms with Crippen molar-refractivity contribution in [2.45, 2.75) is 18.9 Å². The zero-order valence-corrected chi connectivity index (χ0v) is 10.8. The monoisotopic (exact) mass is 279 g/mol. The van der Waals surface area contributed by atoms with E-state index in [4.69, 9.17) is 16.6 Å². The third kappa shape index (κ3) is 5.34. The first kappa shape index (κ1) is 15.4. The molecule has 0 radical (unpaired) electrons. The summed E-state index contributed by atoms with van der Waals surface area (Å²) in [6.07, 6.45) is 3.58. The number of hydrogen-bond acceptors (Lipinski definition) is 4. The minimum Gasteiger partial charge on any atom is -0.480 e. The van der Waals surface area contributed by atoms with E-state index >= 15 is 0 Å². The first-order valence-corrected chi connectivity index (χ1v) is 6.00. The SMILES string of the molecule is NC(N)=NCCC[C@H](NC(=O)c1cccnc1)C(=O)O. The minimum absolute atomic E-state index is 0.0451. The van der Waals surface area contributed by atoms with Crippen LogP contribution in [0.4, 0.5) is 0 Å². The number of rotatable bonds is 7. The smallest absolute Gasteiger partial charge is 0.326 e. The minimum atomic E-state index is -1.10. The van der Waals surface area contributed by atoms with Crippen molar-refractivity contribution in [3.63, 3.8) is 0 Å². The Balaban J connectivity index is 2.53. The van der Waals surface area contributed by atoms with Gasteiger partial charge in [-0.1, -0.05) is 0 Å².